The Morgan fingerprint density at radius 3 is 2.56 bits per heavy atom. The van der Waals surface area contributed by atoms with E-state index in [1.54, 1.807) is 17.9 Å². The molecule has 9 nitrogen and oxygen atoms in total. The first kappa shape index (κ1) is 26.2. The van der Waals surface area contributed by atoms with Crippen LogP contribution >= 0.6 is 0 Å². The van der Waals surface area contributed by atoms with Crippen LogP contribution in [0.25, 0.3) is 11.0 Å². The summed E-state index contributed by atoms with van der Waals surface area (Å²) in [6, 6.07) is 5.62. The second-order valence-electron chi connectivity index (χ2n) is 9.58. The maximum Gasteiger partial charge on any atom is 0.415 e. The van der Waals surface area contributed by atoms with E-state index < -0.39 is 24.9 Å². The number of fused-ring (bicyclic) bond motifs is 1. The van der Waals surface area contributed by atoms with E-state index in [4.69, 9.17) is 4.74 Å². The standard InChI is InChI=1S/C24H33F3N6O3/c1-14-8-22(31-33(14)12-15(2)34)30-19-9-18(10-20-23(19)29-13-32(20)3)36-17-6-4-16(5-7-17)28-11-21(35)24(25,26)27/h8-10,13,15-17,21,28,34-35H,4-7,11-12H2,1-3H3,(H,30,31)/t15-,16-,17+,21-/m1/s1. The Labute approximate surface area is 207 Å². The summed E-state index contributed by atoms with van der Waals surface area (Å²) in [7, 11) is 1.90. The van der Waals surface area contributed by atoms with Gasteiger partial charge in [-0.15, -0.1) is 0 Å². The number of nitrogens with one attached hydrogen (secondary N) is 2. The van der Waals surface area contributed by atoms with Gasteiger partial charge in [0.2, 0.25) is 0 Å². The molecule has 36 heavy (non-hydrogen) atoms. The molecule has 0 radical (unpaired) electrons. The fourth-order valence-corrected chi connectivity index (χ4v) is 4.48. The summed E-state index contributed by atoms with van der Waals surface area (Å²) < 4.78 is 47.5. The minimum atomic E-state index is -4.61. The molecule has 0 aliphatic heterocycles. The van der Waals surface area contributed by atoms with E-state index in [1.807, 2.05) is 36.7 Å². The number of aryl methyl sites for hydroxylation is 2. The highest BCUT2D eigenvalue weighted by Gasteiger charge is 2.38. The number of aliphatic hydroxyl groups excluding tert-OH is 2. The third kappa shape index (κ3) is 6.29. The molecule has 1 aliphatic rings. The fourth-order valence-electron chi connectivity index (χ4n) is 4.48. The van der Waals surface area contributed by atoms with Crippen molar-refractivity contribution in [1.82, 2.24) is 24.6 Å². The van der Waals surface area contributed by atoms with Crippen molar-refractivity contribution in [1.29, 1.82) is 0 Å². The average Bonchev–Trinajstić information content (AvgIpc) is 3.34. The van der Waals surface area contributed by atoms with Crippen molar-refractivity contribution in [3.63, 3.8) is 0 Å². The van der Waals surface area contributed by atoms with Gasteiger partial charge in [-0.3, -0.25) is 4.68 Å². The Morgan fingerprint density at radius 2 is 1.89 bits per heavy atom. The number of aliphatic hydroxyl groups is 2. The van der Waals surface area contributed by atoms with Crippen LogP contribution in [0.5, 0.6) is 5.75 Å². The van der Waals surface area contributed by atoms with Gasteiger partial charge in [0.1, 0.15) is 11.3 Å². The summed E-state index contributed by atoms with van der Waals surface area (Å²) in [6.45, 7) is 3.52. The monoisotopic (exact) mass is 510 g/mol. The van der Waals surface area contributed by atoms with Crippen LogP contribution in [0.2, 0.25) is 0 Å². The number of benzene rings is 1. The maximum atomic E-state index is 12.5. The van der Waals surface area contributed by atoms with E-state index in [1.165, 1.54) is 0 Å². The lowest BCUT2D eigenvalue weighted by Crippen LogP contribution is -2.44. The van der Waals surface area contributed by atoms with Gasteiger partial charge in [0.15, 0.2) is 11.9 Å². The van der Waals surface area contributed by atoms with Crippen molar-refractivity contribution in [3.8, 4) is 5.75 Å². The maximum absolute atomic E-state index is 12.5. The number of halogens is 3. The van der Waals surface area contributed by atoms with Crippen LogP contribution in [0.4, 0.5) is 24.7 Å². The van der Waals surface area contributed by atoms with Crippen molar-refractivity contribution in [3.05, 3.63) is 30.2 Å². The molecule has 0 amide bonds. The smallest absolute Gasteiger partial charge is 0.415 e. The molecule has 1 aromatic carbocycles. The van der Waals surface area contributed by atoms with Gasteiger partial charge in [0.25, 0.3) is 0 Å². The van der Waals surface area contributed by atoms with Crippen LogP contribution in [0, 0.1) is 6.92 Å². The number of hydrogen-bond donors (Lipinski definition) is 4. The first-order valence-electron chi connectivity index (χ1n) is 12.1. The topological polar surface area (TPSA) is 109 Å². The van der Waals surface area contributed by atoms with Crippen molar-refractivity contribution in [2.24, 2.45) is 7.05 Å². The molecule has 4 rings (SSSR count). The quantitative estimate of drug-likeness (QED) is 0.349. The summed E-state index contributed by atoms with van der Waals surface area (Å²) in [5, 5.41) is 29.6. The Morgan fingerprint density at radius 1 is 1.17 bits per heavy atom. The highest BCUT2D eigenvalue weighted by Crippen LogP contribution is 2.33. The molecule has 1 fully saturated rings. The van der Waals surface area contributed by atoms with E-state index in [0.29, 0.717) is 43.8 Å². The molecule has 0 unspecified atom stereocenters. The van der Waals surface area contributed by atoms with Crippen molar-refractivity contribution >= 4 is 22.5 Å². The van der Waals surface area contributed by atoms with Gasteiger partial charge in [-0.1, -0.05) is 0 Å². The summed E-state index contributed by atoms with van der Waals surface area (Å²) in [6.07, 6.45) is -3.13. The van der Waals surface area contributed by atoms with Crippen LogP contribution in [0.1, 0.15) is 38.3 Å². The second-order valence-corrected chi connectivity index (χ2v) is 9.58. The molecule has 2 atom stereocenters. The zero-order valence-corrected chi connectivity index (χ0v) is 20.6. The Bertz CT molecular complexity index is 1170. The zero-order valence-electron chi connectivity index (χ0n) is 20.6. The molecular weight excluding hydrogens is 477 g/mol. The highest BCUT2D eigenvalue weighted by atomic mass is 19.4. The minimum Gasteiger partial charge on any atom is -0.490 e. The van der Waals surface area contributed by atoms with Crippen molar-refractivity contribution in [2.75, 3.05) is 11.9 Å². The van der Waals surface area contributed by atoms with E-state index >= 15 is 0 Å². The fraction of sp³-hybridized carbons (Fsp3) is 0.583. The van der Waals surface area contributed by atoms with Gasteiger partial charge in [0, 0.05) is 43.5 Å². The number of ether oxygens (including phenoxy) is 1. The summed E-state index contributed by atoms with van der Waals surface area (Å²) in [4.78, 5) is 4.50. The number of imidazole rings is 1. The lowest BCUT2D eigenvalue weighted by Gasteiger charge is -2.30. The molecule has 2 aromatic heterocycles. The lowest BCUT2D eigenvalue weighted by molar-refractivity contribution is -0.202. The third-order valence-electron chi connectivity index (χ3n) is 6.44. The second kappa shape index (κ2) is 10.7. The SMILES string of the molecule is Cc1cc(Nc2cc(O[C@H]3CC[C@@H](NC[C@@H](O)C(F)(F)F)CC3)cc3c2ncn3C)nn1C[C@@H](C)O. The van der Waals surface area contributed by atoms with E-state index in [-0.39, 0.29) is 12.1 Å². The minimum absolute atomic E-state index is 0.0680. The molecule has 2 heterocycles. The van der Waals surface area contributed by atoms with E-state index in [0.717, 1.165) is 22.4 Å². The van der Waals surface area contributed by atoms with Gasteiger partial charge >= 0.3 is 6.18 Å². The van der Waals surface area contributed by atoms with Crippen LogP contribution < -0.4 is 15.4 Å². The van der Waals surface area contributed by atoms with Crippen LogP contribution in [0.15, 0.2) is 24.5 Å². The lowest BCUT2D eigenvalue weighted by atomic mass is 9.93. The molecule has 0 spiro atoms. The third-order valence-corrected chi connectivity index (χ3v) is 6.44. The normalized spacial score (nSPS) is 20.4. The number of anilines is 2. The molecule has 3 aromatic rings. The molecule has 0 bridgehead atoms. The predicted molar refractivity (Wildman–Crippen MR) is 129 cm³/mol. The number of hydrogen-bond acceptors (Lipinski definition) is 7. The molecule has 12 heteroatoms. The molecule has 4 N–H and O–H groups in total. The van der Waals surface area contributed by atoms with Gasteiger partial charge in [-0.25, -0.2) is 4.98 Å². The van der Waals surface area contributed by atoms with Crippen molar-refractivity contribution in [2.45, 2.75) is 76.6 Å². The zero-order chi connectivity index (χ0) is 26.0. The molecule has 1 saturated carbocycles. The van der Waals surface area contributed by atoms with Crippen LogP contribution in [-0.4, -0.2) is 66.6 Å². The Balaban J connectivity index is 1.42. The summed E-state index contributed by atoms with van der Waals surface area (Å²) in [5.41, 5.74) is 3.30. The number of nitrogens with zero attached hydrogens (tertiary/aromatic N) is 4. The van der Waals surface area contributed by atoms with Gasteiger partial charge in [0.05, 0.1) is 36.3 Å². The molecule has 198 valence electrons. The summed E-state index contributed by atoms with van der Waals surface area (Å²) >= 11 is 0. The summed E-state index contributed by atoms with van der Waals surface area (Å²) in [5.74, 6) is 1.29. The van der Waals surface area contributed by atoms with E-state index in [9.17, 15) is 23.4 Å². The Kier molecular flexibility index (Phi) is 7.76. The first-order chi connectivity index (χ1) is 17.0. The average molecular weight is 511 g/mol. The largest absolute Gasteiger partial charge is 0.490 e. The van der Waals surface area contributed by atoms with Crippen LogP contribution in [0.3, 0.4) is 0 Å². The number of aromatic nitrogens is 4. The first-order valence-corrected chi connectivity index (χ1v) is 12.1. The van der Waals surface area contributed by atoms with Crippen molar-refractivity contribution < 1.29 is 28.1 Å². The number of rotatable bonds is 9. The number of alkyl halides is 3. The Hall–Kier alpha value is -2.83. The van der Waals surface area contributed by atoms with Gasteiger partial charge < -0.3 is 30.2 Å². The molecular formula is C24H33F3N6O3. The highest BCUT2D eigenvalue weighted by molar-refractivity contribution is 5.91. The molecule has 0 saturated heterocycles. The van der Waals surface area contributed by atoms with E-state index in [2.05, 4.69) is 20.7 Å². The van der Waals surface area contributed by atoms with Gasteiger partial charge in [-0.05, 0) is 39.5 Å². The van der Waals surface area contributed by atoms with Crippen LogP contribution in [-0.2, 0) is 13.6 Å². The predicted octanol–water partition coefficient (Wildman–Crippen LogP) is 3.41. The van der Waals surface area contributed by atoms with Gasteiger partial charge in [-0.2, -0.15) is 18.3 Å². The molecule has 1 aliphatic carbocycles.